The Morgan fingerprint density at radius 3 is 1.50 bits per heavy atom. The largest absolute Gasteiger partial charge is 0.162 e. The van der Waals surface area contributed by atoms with Gasteiger partial charge in [-0.1, -0.05) is 33.1 Å². The van der Waals surface area contributed by atoms with Crippen molar-refractivity contribution >= 4 is 11.8 Å². The van der Waals surface area contributed by atoms with Crippen LogP contribution in [0.1, 0.15) is 46.0 Å². The summed E-state index contributed by atoms with van der Waals surface area (Å²) >= 11 is 2.09. The minimum absolute atomic E-state index is 1.32. The van der Waals surface area contributed by atoms with Gasteiger partial charge in [0.05, 0.1) is 0 Å². The second-order valence-corrected chi connectivity index (χ2v) is 3.90. The molecule has 0 atom stereocenters. The fourth-order valence-electron chi connectivity index (χ4n) is 0.687. The summed E-state index contributed by atoms with van der Waals surface area (Å²) < 4.78 is 0. The first kappa shape index (κ1) is 10.3. The van der Waals surface area contributed by atoms with Gasteiger partial charge in [-0.05, 0) is 24.3 Å². The topological polar surface area (TPSA) is 0 Å². The normalized spacial score (nSPS) is 17.4. The molecule has 10 heavy (non-hydrogen) atoms. The smallest absolute Gasteiger partial charge is 0.00675 e. The average molecular weight is 160 g/mol. The summed E-state index contributed by atoms with van der Waals surface area (Å²) in [5.74, 6) is 2.83. The Morgan fingerprint density at radius 2 is 1.40 bits per heavy atom. The molecule has 1 heteroatoms. The maximum Gasteiger partial charge on any atom is -0.00675 e. The molecule has 0 saturated carbocycles. The number of unbranched alkanes of at least 4 members (excludes halogenated alkanes) is 1. The van der Waals surface area contributed by atoms with Crippen LogP contribution in [0.4, 0.5) is 0 Å². The molecule has 0 aromatic carbocycles. The van der Waals surface area contributed by atoms with Gasteiger partial charge in [-0.15, -0.1) is 0 Å². The molecule has 0 bridgehead atoms. The highest BCUT2D eigenvalue weighted by atomic mass is 32.2. The minimum Gasteiger partial charge on any atom is -0.162 e. The lowest BCUT2D eigenvalue weighted by atomic mass is 10.3. The molecule has 1 saturated heterocycles. The molecule has 1 aliphatic heterocycles. The van der Waals surface area contributed by atoms with Crippen LogP contribution in [0.3, 0.4) is 0 Å². The molecule has 0 aromatic heterocycles. The Labute approximate surface area is 69.8 Å². The summed E-state index contributed by atoms with van der Waals surface area (Å²) in [6.45, 7) is 4.36. The van der Waals surface area contributed by atoms with Crippen LogP contribution in [0.5, 0.6) is 0 Å². The van der Waals surface area contributed by atoms with E-state index in [1.54, 1.807) is 0 Å². The SMILES string of the molecule is C1CCSCC1.CCCC. The molecule has 0 spiro atoms. The van der Waals surface area contributed by atoms with Gasteiger partial charge >= 0.3 is 0 Å². The highest BCUT2D eigenvalue weighted by molar-refractivity contribution is 7.99. The van der Waals surface area contributed by atoms with Crippen LogP contribution >= 0.6 is 11.8 Å². The van der Waals surface area contributed by atoms with E-state index in [4.69, 9.17) is 0 Å². The van der Waals surface area contributed by atoms with Gasteiger partial charge in [0.15, 0.2) is 0 Å². The van der Waals surface area contributed by atoms with Crippen molar-refractivity contribution in [3.8, 4) is 0 Å². The summed E-state index contributed by atoms with van der Waals surface area (Å²) in [6.07, 6.45) is 7.04. The molecule has 0 N–H and O–H groups in total. The van der Waals surface area contributed by atoms with E-state index in [-0.39, 0.29) is 0 Å². The molecule has 0 radical (unpaired) electrons. The van der Waals surface area contributed by atoms with Crippen molar-refractivity contribution in [2.24, 2.45) is 0 Å². The van der Waals surface area contributed by atoms with E-state index in [0.717, 1.165) is 0 Å². The van der Waals surface area contributed by atoms with E-state index in [9.17, 15) is 0 Å². The standard InChI is InChI=1S/C5H10S.C4H10/c1-2-4-6-5-3-1;1-3-4-2/h1-5H2;3-4H2,1-2H3. The molecule has 1 heterocycles. The van der Waals surface area contributed by atoms with Gasteiger partial charge in [-0.25, -0.2) is 0 Å². The van der Waals surface area contributed by atoms with Gasteiger partial charge in [0.1, 0.15) is 0 Å². The number of hydrogen-bond acceptors (Lipinski definition) is 1. The van der Waals surface area contributed by atoms with Crippen molar-refractivity contribution in [3.05, 3.63) is 0 Å². The maximum atomic E-state index is 2.18. The second kappa shape index (κ2) is 9.35. The number of thioether (sulfide) groups is 1. The lowest BCUT2D eigenvalue weighted by molar-refractivity contribution is 0.764. The predicted octanol–water partition coefficient (Wildman–Crippen LogP) is 3.71. The summed E-state index contributed by atoms with van der Waals surface area (Å²) in [5.41, 5.74) is 0. The molecule has 0 aromatic rings. The molecule has 0 nitrogen and oxygen atoms in total. The van der Waals surface area contributed by atoms with Gasteiger partial charge in [0.2, 0.25) is 0 Å². The van der Waals surface area contributed by atoms with Gasteiger partial charge in [0.25, 0.3) is 0 Å². The van der Waals surface area contributed by atoms with Gasteiger partial charge < -0.3 is 0 Å². The third-order valence-electron chi connectivity index (χ3n) is 1.58. The van der Waals surface area contributed by atoms with Crippen LogP contribution in [0.15, 0.2) is 0 Å². The minimum atomic E-state index is 1.32. The summed E-state index contributed by atoms with van der Waals surface area (Å²) in [7, 11) is 0. The van der Waals surface area contributed by atoms with Crippen LogP contribution in [0, 0.1) is 0 Å². The number of hydrogen-bond donors (Lipinski definition) is 0. The average Bonchev–Trinajstić information content (AvgIpc) is 2.08. The van der Waals surface area contributed by atoms with Crippen molar-refractivity contribution in [2.45, 2.75) is 46.0 Å². The van der Waals surface area contributed by atoms with Gasteiger partial charge in [-0.2, -0.15) is 11.8 Å². The molecule has 0 unspecified atom stereocenters. The van der Waals surface area contributed by atoms with E-state index < -0.39 is 0 Å². The molecular formula is C9H20S. The van der Waals surface area contributed by atoms with Gasteiger partial charge in [-0.3, -0.25) is 0 Å². The van der Waals surface area contributed by atoms with Crippen LogP contribution in [0.25, 0.3) is 0 Å². The molecule has 62 valence electrons. The molecular weight excluding hydrogens is 140 g/mol. The third-order valence-corrected chi connectivity index (χ3v) is 2.73. The fraction of sp³-hybridized carbons (Fsp3) is 1.00. The van der Waals surface area contributed by atoms with Crippen LogP contribution in [-0.4, -0.2) is 11.5 Å². The highest BCUT2D eigenvalue weighted by Gasteiger charge is 1.95. The summed E-state index contributed by atoms with van der Waals surface area (Å²) in [5, 5.41) is 0. The van der Waals surface area contributed by atoms with Crippen molar-refractivity contribution < 1.29 is 0 Å². The zero-order valence-electron chi connectivity index (χ0n) is 7.36. The van der Waals surface area contributed by atoms with Crippen molar-refractivity contribution in [3.63, 3.8) is 0 Å². The lowest BCUT2D eigenvalue weighted by Gasteiger charge is -2.05. The maximum absolute atomic E-state index is 2.18. The Balaban J connectivity index is 0.000000180. The molecule has 1 fully saturated rings. The van der Waals surface area contributed by atoms with Gasteiger partial charge in [0, 0.05) is 0 Å². The zero-order valence-corrected chi connectivity index (χ0v) is 8.17. The molecule has 0 aliphatic carbocycles. The fourth-order valence-corrected chi connectivity index (χ4v) is 1.71. The second-order valence-electron chi connectivity index (χ2n) is 2.67. The predicted molar refractivity (Wildman–Crippen MR) is 51.8 cm³/mol. The van der Waals surface area contributed by atoms with E-state index in [0.29, 0.717) is 0 Å². The quantitative estimate of drug-likeness (QED) is 0.563. The Kier molecular flexibility index (Phi) is 9.68. The summed E-state index contributed by atoms with van der Waals surface area (Å²) in [4.78, 5) is 0. The third kappa shape index (κ3) is 8.35. The first-order valence-electron chi connectivity index (χ1n) is 4.49. The highest BCUT2D eigenvalue weighted by Crippen LogP contribution is 2.14. The first-order valence-corrected chi connectivity index (χ1v) is 5.65. The Hall–Kier alpha value is 0.350. The van der Waals surface area contributed by atoms with E-state index >= 15 is 0 Å². The summed E-state index contributed by atoms with van der Waals surface area (Å²) in [6, 6.07) is 0. The molecule has 1 rings (SSSR count). The lowest BCUT2D eigenvalue weighted by Crippen LogP contribution is -1.91. The Bertz CT molecular complexity index is 35.2. The van der Waals surface area contributed by atoms with Crippen molar-refractivity contribution in [2.75, 3.05) is 11.5 Å². The van der Waals surface area contributed by atoms with E-state index in [1.807, 2.05) is 0 Å². The Morgan fingerprint density at radius 1 is 0.900 bits per heavy atom. The zero-order chi connectivity index (χ0) is 7.66. The van der Waals surface area contributed by atoms with E-state index in [2.05, 4.69) is 25.6 Å². The number of rotatable bonds is 1. The molecule has 0 amide bonds. The first-order chi connectivity index (χ1) is 4.91. The van der Waals surface area contributed by atoms with Crippen molar-refractivity contribution in [1.82, 2.24) is 0 Å². The molecule has 1 aliphatic rings. The van der Waals surface area contributed by atoms with Crippen LogP contribution in [0.2, 0.25) is 0 Å². The van der Waals surface area contributed by atoms with Crippen LogP contribution in [-0.2, 0) is 0 Å². The van der Waals surface area contributed by atoms with Crippen LogP contribution < -0.4 is 0 Å². The van der Waals surface area contributed by atoms with Crippen molar-refractivity contribution in [1.29, 1.82) is 0 Å². The van der Waals surface area contributed by atoms with E-state index in [1.165, 1.54) is 43.6 Å². The monoisotopic (exact) mass is 160 g/mol.